The van der Waals surface area contributed by atoms with Crippen molar-refractivity contribution in [2.24, 2.45) is 0 Å². The Kier molecular flexibility index (Phi) is 8.23. The summed E-state index contributed by atoms with van der Waals surface area (Å²) in [6.45, 7) is 4.97. The number of hydrogen-bond donors (Lipinski definition) is 1. The zero-order valence-corrected chi connectivity index (χ0v) is 20.3. The van der Waals surface area contributed by atoms with Gasteiger partial charge in [0.05, 0.1) is 4.92 Å². The van der Waals surface area contributed by atoms with Gasteiger partial charge in [-0.2, -0.15) is 0 Å². The number of nitro groups is 1. The fraction of sp³-hybridized carbons (Fsp3) is 0.280. The lowest BCUT2D eigenvalue weighted by atomic mass is 10.0. The van der Waals surface area contributed by atoms with Crippen LogP contribution in [0.1, 0.15) is 31.9 Å². The second-order valence-corrected chi connectivity index (χ2v) is 8.94. The SMILES string of the molecule is CC(C)(C)OC(=O)N[C@@H](Cc1cc([N+](=O)[O-])ccc1OCc1ccccc1)C(=O)ON1C(=O)C=CC1=O. The fourth-order valence-electron chi connectivity index (χ4n) is 3.21. The van der Waals surface area contributed by atoms with Crippen LogP contribution in [-0.2, 0) is 37.0 Å². The smallest absolute Gasteiger partial charge is 0.408 e. The van der Waals surface area contributed by atoms with Crippen LogP contribution >= 0.6 is 0 Å². The van der Waals surface area contributed by atoms with Crippen molar-refractivity contribution in [3.05, 3.63) is 81.9 Å². The highest BCUT2D eigenvalue weighted by Gasteiger charge is 2.34. The summed E-state index contributed by atoms with van der Waals surface area (Å²) in [7, 11) is 0. The average molecular weight is 511 g/mol. The Morgan fingerprint density at radius 3 is 2.30 bits per heavy atom. The molecule has 1 N–H and O–H groups in total. The molecule has 0 saturated heterocycles. The van der Waals surface area contributed by atoms with Gasteiger partial charge in [0.15, 0.2) is 0 Å². The van der Waals surface area contributed by atoms with Gasteiger partial charge in [0.1, 0.15) is 24.0 Å². The Labute approximate surface area is 211 Å². The molecule has 37 heavy (non-hydrogen) atoms. The number of non-ortho nitro benzene ring substituents is 1. The molecule has 12 heteroatoms. The standard InChI is InChI=1S/C25H25N3O9/c1-25(2,3)36-24(32)26-19(23(31)37-27-21(29)11-12-22(27)30)14-17-13-18(28(33)34)9-10-20(17)35-15-16-7-5-4-6-8-16/h4-13,19H,14-15H2,1-3H3,(H,26,32)/t19-/m0/s1. The first-order valence-corrected chi connectivity index (χ1v) is 11.1. The van der Waals surface area contributed by atoms with E-state index in [0.29, 0.717) is 0 Å². The van der Waals surface area contributed by atoms with Gasteiger partial charge in [0.25, 0.3) is 17.5 Å². The van der Waals surface area contributed by atoms with E-state index in [9.17, 15) is 29.3 Å². The van der Waals surface area contributed by atoms with Gasteiger partial charge in [-0.25, -0.2) is 9.59 Å². The molecular formula is C25H25N3O9. The van der Waals surface area contributed by atoms with E-state index in [2.05, 4.69) is 5.32 Å². The minimum atomic E-state index is -1.50. The first-order chi connectivity index (χ1) is 17.4. The van der Waals surface area contributed by atoms with E-state index in [-0.39, 0.29) is 35.1 Å². The third-order valence-electron chi connectivity index (χ3n) is 4.84. The first-order valence-electron chi connectivity index (χ1n) is 11.1. The lowest BCUT2D eigenvalue weighted by Crippen LogP contribution is -2.48. The number of carbonyl (C=O) groups excluding carboxylic acids is 4. The fourth-order valence-corrected chi connectivity index (χ4v) is 3.21. The molecule has 194 valence electrons. The van der Waals surface area contributed by atoms with Crippen LogP contribution in [0.25, 0.3) is 0 Å². The van der Waals surface area contributed by atoms with E-state index in [0.717, 1.165) is 17.7 Å². The Morgan fingerprint density at radius 2 is 1.70 bits per heavy atom. The van der Waals surface area contributed by atoms with E-state index < -0.39 is 40.4 Å². The normalized spacial score (nSPS) is 13.8. The molecule has 0 unspecified atom stereocenters. The maximum atomic E-state index is 13.0. The van der Waals surface area contributed by atoms with E-state index in [1.165, 1.54) is 18.2 Å². The molecule has 2 aromatic carbocycles. The number of nitrogens with zero attached hydrogens (tertiary/aromatic N) is 2. The van der Waals surface area contributed by atoms with Crippen molar-refractivity contribution in [1.29, 1.82) is 0 Å². The zero-order chi connectivity index (χ0) is 27.2. The van der Waals surface area contributed by atoms with Gasteiger partial charge < -0.3 is 19.6 Å². The molecule has 1 aliphatic rings. The van der Waals surface area contributed by atoms with E-state index in [1.807, 2.05) is 30.3 Å². The molecule has 0 saturated carbocycles. The number of benzene rings is 2. The molecule has 0 aromatic heterocycles. The Morgan fingerprint density at radius 1 is 1.05 bits per heavy atom. The van der Waals surface area contributed by atoms with Crippen molar-refractivity contribution < 1.29 is 38.4 Å². The van der Waals surface area contributed by atoms with Gasteiger partial charge in [-0.1, -0.05) is 35.4 Å². The quantitative estimate of drug-likeness (QED) is 0.304. The van der Waals surface area contributed by atoms with Crippen LogP contribution < -0.4 is 10.1 Å². The summed E-state index contributed by atoms with van der Waals surface area (Å²) in [6, 6.07) is 11.5. The monoisotopic (exact) mass is 511 g/mol. The summed E-state index contributed by atoms with van der Waals surface area (Å²) < 4.78 is 11.1. The van der Waals surface area contributed by atoms with E-state index in [4.69, 9.17) is 14.3 Å². The number of nitro benzene ring substituents is 1. The summed E-state index contributed by atoms with van der Waals surface area (Å²) in [4.78, 5) is 64.8. The van der Waals surface area contributed by atoms with Crippen LogP contribution in [0.4, 0.5) is 10.5 Å². The Balaban J connectivity index is 1.89. The maximum absolute atomic E-state index is 13.0. The average Bonchev–Trinajstić information content (AvgIpc) is 3.14. The molecular weight excluding hydrogens is 486 g/mol. The molecule has 0 aliphatic carbocycles. The van der Waals surface area contributed by atoms with Gasteiger partial charge in [0.2, 0.25) is 0 Å². The second kappa shape index (κ2) is 11.3. The minimum Gasteiger partial charge on any atom is -0.489 e. The summed E-state index contributed by atoms with van der Waals surface area (Å²) >= 11 is 0. The van der Waals surface area contributed by atoms with Crippen LogP contribution in [0.5, 0.6) is 5.75 Å². The summed E-state index contributed by atoms with van der Waals surface area (Å²) in [5.41, 5.74) is -0.159. The topological polar surface area (TPSA) is 154 Å². The number of hydroxylamine groups is 2. The van der Waals surface area contributed by atoms with Crippen molar-refractivity contribution in [2.45, 2.75) is 45.4 Å². The second-order valence-electron chi connectivity index (χ2n) is 8.94. The zero-order valence-electron chi connectivity index (χ0n) is 20.3. The van der Waals surface area contributed by atoms with Crippen molar-refractivity contribution in [3.8, 4) is 5.75 Å². The number of hydrogen-bond acceptors (Lipinski definition) is 9. The van der Waals surface area contributed by atoms with Gasteiger partial charge in [-0.3, -0.25) is 19.7 Å². The number of carbonyl (C=O) groups is 4. The lowest BCUT2D eigenvalue weighted by molar-refractivity contribution is -0.384. The summed E-state index contributed by atoms with van der Waals surface area (Å²) in [5.74, 6) is -2.71. The molecule has 0 fully saturated rings. The number of amides is 3. The molecule has 0 bridgehead atoms. The van der Waals surface area contributed by atoms with Crippen LogP contribution in [-0.4, -0.2) is 45.5 Å². The van der Waals surface area contributed by atoms with E-state index in [1.54, 1.807) is 20.8 Å². The van der Waals surface area contributed by atoms with Crippen LogP contribution in [0.15, 0.2) is 60.7 Å². The summed E-state index contributed by atoms with van der Waals surface area (Å²) in [5, 5.41) is 14.0. The van der Waals surface area contributed by atoms with Crippen molar-refractivity contribution in [1.82, 2.24) is 10.4 Å². The number of nitrogens with one attached hydrogen (secondary N) is 1. The Hall–Kier alpha value is -4.74. The predicted molar refractivity (Wildman–Crippen MR) is 128 cm³/mol. The van der Waals surface area contributed by atoms with Gasteiger partial charge in [0, 0.05) is 36.3 Å². The van der Waals surface area contributed by atoms with Crippen LogP contribution in [0.2, 0.25) is 0 Å². The highest BCUT2D eigenvalue weighted by molar-refractivity contribution is 6.12. The van der Waals surface area contributed by atoms with E-state index >= 15 is 0 Å². The van der Waals surface area contributed by atoms with Crippen molar-refractivity contribution in [2.75, 3.05) is 0 Å². The van der Waals surface area contributed by atoms with Gasteiger partial charge in [-0.15, -0.1) is 0 Å². The highest BCUT2D eigenvalue weighted by Crippen LogP contribution is 2.27. The largest absolute Gasteiger partial charge is 0.489 e. The molecule has 3 rings (SSSR count). The highest BCUT2D eigenvalue weighted by atomic mass is 16.7. The molecule has 0 spiro atoms. The number of alkyl carbamates (subject to hydrolysis) is 1. The minimum absolute atomic E-state index is 0.128. The molecule has 12 nitrogen and oxygen atoms in total. The van der Waals surface area contributed by atoms with Crippen molar-refractivity contribution in [3.63, 3.8) is 0 Å². The Bertz CT molecular complexity index is 1220. The molecule has 3 amide bonds. The molecule has 1 aliphatic heterocycles. The number of ether oxygens (including phenoxy) is 2. The lowest BCUT2D eigenvalue weighted by Gasteiger charge is -2.24. The predicted octanol–water partition coefficient (Wildman–Crippen LogP) is 2.99. The third kappa shape index (κ3) is 7.62. The summed E-state index contributed by atoms with van der Waals surface area (Å²) in [6.07, 6.45) is 0.515. The van der Waals surface area contributed by atoms with Crippen LogP contribution in [0, 0.1) is 10.1 Å². The molecule has 1 heterocycles. The van der Waals surface area contributed by atoms with Gasteiger partial charge >= 0.3 is 12.1 Å². The molecule has 0 radical (unpaired) electrons. The maximum Gasteiger partial charge on any atom is 0.408 e. The first kappa shape index (κ1) is 26.9. The van der Waals surface area contributed by atoms with Gasteiger partial charge in [-0.05, 0) is 32.4 Å². The van der Waals surface area contributed by atoms with Crippen LogP contribution in [0.3, 0.4) is 0 Å². The third-order valence-corrected chi connectivity index (χ3v) is 4.84. The number of imide groups is 1. The van der Waals surface area contributed by atoms with Crippen molar-refractivity contribution >= 4 is 29.6 Å². The molecule has 1 atom stereocenters. The number of rotatable bonds is 9. The molecule has 2 aromatic rings.